The second kappa shape index (κ2) is 8.51. The van der Waals surface area contributed by atoms with E-state index in [-0.39, 0.29) is 25.4 Å². The van der Waals surface area contributed by atoms with Gasteiger partial charge in [-0.05, 0) is 18.4 Å². The Hall–Kier alpha value is -0.0866. The van der Waals surface area contributed by atoms with E-state index >= 15 is 0 Å². The first kappa shape index (κ1) is 15.4. The van der Waals surface area contributed by atoms with Crippen LogP contribution in [0.25, 0.3) is 0 Å². The fraction of sp³-hybridized carbons (Fsp3) is 0.714. The van der Waals surface area contributed by atoms with E-state index in [1.165, 1.54) is 6.92 Å². The van der Waals surface area contributed by atoms with Gasteiger partial charge in [0.25, 0.3) is 0 Å². The summed E-state index contributed by atoms with van der Waals surface area (Å²) in [5.41, 5.74) is 0. The molecule has 1 amide bonds. The fourth-order valence-corrected chi connectivity index (χ4v) is 1.21. The molecule has 1 unspecified atom stereocenters. The van der Waals surface area contributed by atoms with Crippen LogP contribution in [0, 0.1) is 0 Å². The van der Waals surface area contributed by atoms with Gasteiger partial charge in [-0.15, -0.1) is 0 Å². The van der Waals surface area contributed by atoms with Gasteiger partial charge in [0.1, 0.15) is 6.04 Å². The Balaban J connectivity index is 0. The number of aliphatic carboxylic acids is 1. The average molecular weight is 257 g/mol. The normalized spacial score (nSPS) is 11.2. The van der Waals surface area contributed by atoms with Crippen molar-refractivity contribution in [3.63, 3.8) is 0 Å². The number of carboxylic acids is 1. The Labute approximate surface area is 94.6 Å². The summed E-state index contributed by atoms with van der Waals surface area (Å²) in [5.74, 6) is -0.542. The van der Waals surface area contributed by atoms with E-state index in [1.54, 1.807) is 11.8 Å². The van der Waals surface area contributed by atoms with E-state index in [0.29, 0.717) is 6.42 Å². The predicted octanol–water partition coefficient (Wildman–Crippen LogP) is 0.326. The van der Waals surface area contributed by atoms with Crippen LogP contribution < -0.4 is 5.32 Å². The maximum absolute atomic E-state index is 10.5. The molecule has 0 spiro atoms. The van der Waals surface area contributed by atoms with Gasteiger partial charge in [0.05, 0.1) is 0 Å². The zero-order valence-electron chi connectivity index (χ0n) is 7.87. The van der Waals surface area contributed by atoms with Gasteiger partial charge in [-0.2, -0.15) is 11.8 Å². The van der Waals surface area contributed by atoms with E-state index in [1.807, 2.05) is 6.26 Å². The molecule has 0 aromatic heterocycles. The van der Waals surface area contributed by atoms with Crippen molar-refractivity contribution >= 4 is 23.6 Å². The van der Waals surface area contributed by atoms with Gasteiger partial charge in [0, 0.05) is 6.92 Å². The number of carboxylic acid groups (broad SMARTS) is 1. The molecule has 0 aromatic rings. The van der Waals surface area contributed by atoms with Crippen LogP contribution in [-0.4, -0.2) is 35.0 Å². The molecule has 0 rings (SSSR count). The van der Waals surface area contributed by atoms with Crippen LogP contribution >= 0.6 is 11.8 Å². The molecular weight excluding hydrogens is 244 g/mol. The zero-order chi connectivity index (χ0) is 9.56. The van der Waals surface area contributed by atoms with Crippen LogP contribution in [0.15, 0.2) is 0 Å². The molecule has 2 N–H and O–H groups in total. The Morgan fingerprint density at radius 3 is 2.38 bits per heavy atom. The van der Waals surface area contributed by atoms with Crippen molar-refractivity contribution in [2.45, 2.75) is 19.4 Å². The number of amides is 1. The van der Waals surface area contributed by atoms with E-state index in [9.17, 15) is 9.59 Å². The molecule has 0 bridgehead atoms. The summed E-state index contributed by atoms with van der Waals surface area (Å²) < 4.78 is 0. The van der Waals surface area contributed by atoms with Crippen molar-refractivity contribution in [1.82, 2.24) is 5.32 Å². The number of carbonyl (C=O) groups excluding carboxylic acids is 1. The SMILES string of the molecule is CSCCC(NC(C)=O)C(=O)O.[Zn+2]. The van der Waals surface area contributed by atoms with Gasteiger partial charge in [0.15, 0.2) is 0 Å². The van der Waals surface area contributed by atoms with Gasteiger partial charge in [-0.3, -0.25) is 4.79 Å². The van der Waals surface area contributed by atoms with Crippen LogP contribution in [0.4, 0.5) is 0 Å². The minimum Gasteiger partial charge on any atom is -0.480 e. The van der Waals surface area contributed by atoms with Crippen LogP contribution in [0.3, 0.4) is 0 Å². The summed E-state index contributed by atoms with van der Waals surface area (Å²) in [7, 11) is 0. The first-order valence-electron chi connectivity index (χ1n) is 3.56. The molecule has 0 fully saturated rings. The third-order valence-corrected chi connectivity index (χ3v) is 1.93. The van der Waals surface area contributed by atoms with E-state index in [0.717, 1.165) is 5.75 Å². The summed E-state index contributed by atoms with van der Waals surface area (Å²) >= 11 is 1.56. The van der Waals surface area contributed by atoms with Crippen molar-refractivity contribution in [3.8, 4) is 0 Å². The van der Waals surface area contributed by atoms with Crippen LogP contribution in [0.2, 0.25) is 0 Å². The van der Waals surface area contributed by atoms with Gasteiger partial charge in [-0.1, -0.05) is 0 Å². The van der Waals surface area contributed by atoms with Crippen LogP contribution in [0.1, 0.15) is 13.3 Å². The minimum absolute atomic E-state index is 0. The third kappa shape index (κ3) is 8.25. The molecule has 0 heterocycles. The molecule has 0 aromatic carbocycles. The molecule has 13 heavy (non-hydrogen) atoms. The van der Waals surface area contributed by atoms with Crippen molar-refractivity contribution in [2.75, 3.05) is 12.0 Å². The molecule has 70 valence electrons. The third-order valence-electron chi connectivity index (χ3n) is 1.29. The van der Waals surface area contributed by atoms with Gasteiger partial charge in [-0.25, -0.2) is 4.79 Å². The summed E-state index contributed by atoms with van der Waals surface area (Å²) in [5, 5.41) is 11.0. The van der Waals surface area contributed by atoms with Crippen LogP contribution in [-0.2, 0) is 29.1 Å². The van der Waals surface area contributed by atoms with Crippen molar-refractivity contribution in [2.24, 2.45) is 0 Å². The molecule has 6 heteroatoms. The topological polar surface area (TPSA) is 66.4 Å². The second-order valence-electron chi connectivity index (χ2n) is 2.37. The number of hydrogen-bond donors (Lipinski definition) is 2. The Morgan fingerprint density at radius 1 is 1.54 bits per heavy atom. The summed E-state index contributed by atoms with van der Waals surface area (Å²) in [6.45, 7) is 1.31. The summed E-state index contributed by atoms with van der Waals surface area (Å²) in [6, 6.07) is -0.741. The molecule has 0 aliphatic rings. The molecule has 0 radical (unpaired) electrons. The number of carbonyl (C=O) groups is 2. The molecule has 0 aliphatic carbocycles. The van der Waals surface area contributed by atoms with E-state index < -0.39 is 12.0 Å². The quantitative estimate of drug-likeness (QED) is 0.696. The monoisotopic (exact) mass is 255 g/mol. The van der Waals surface area contributed by atoms with Crippen molar-refractivity contribution in [1.29, 1.82) is 0 Å². The molecule has 0 aliphatic heterocycles. The van der Waals surface area contributed by atoms with Gasteiger partial charge in [0.2, 0.25) is 5.91 Å². The Morgan fingerprint density at radius 2 is 2.08 bits per heavy atom. The zero-order valence-corrected chi connectivity index (χ0v) is 11.7. The van der Waals surface area contributed by atoms with Crippen LogP contribution in [0.5, 0.6) is 0 Å². The summed E-state index contributed by atoms with van der Waals surface area (Å²) in [6.07, 6.45) is 2.36. The molecule has 1 atom stereocenters. The second-order valence-corrected chi connectivity index (χ2v) is 3.36. The number of nitrogens with one attached hydrogen (secondary N) is 1. The maximum atomic E-state index is 10.5. The van der Waals surface area contributed by atoms with E-state index in [2.05, 4.69) is 5.32 Å². The van der Waals surface area contributed by atoms with Gasteiger partial charge >= 0.3 is 25.4 Å². The Kier molecular flexibility index (Phi) is 10.1. The smallest absolute Gasteiger partial charge is 0.480 e. The first-order chi connectivity index (χ1) is 5.57. The van der Waals surface area contributed by atoms with Crippen molar-refractivity contribution < 1.29 is 34.2 Å². The first-order valence-corrected chi connectivity index (χ1v) is 4.96. The minimum atomic E-state index is -0.973. The Bertz CT molecular complexity index is 177. The van der Waals surface area contributed by atoms with E-state index in [4.69, 9.17) is 5.11 Å². The molecular formula is C7H13NO3SZn+2. The number of rotatable bonds is 5. The summed E-state index contributed by atoms with van der Waals surface area (Å²) in [4.78, 5) is 21.1. The number of hydrogen-bond acceptors (Lipinski definition) is 3. The predicted molar refractivity (Wildman–Crippen MR) is 48.2 cm³/mol. The fourth-order valence-electron chi connectivity index (χ4n) is 0.738. The van der Waals surface area contributed by atoms with Gasteiger partial charge < -0.3 is 10.4 Å². The largest absolute Gasteiger partial charge is 2.00 e. The average Bonchev–Trinajstić information content (AvgIpc) is 1.96. The molecule has 0 saturated heterocycles. The number of thioether (sulfide) groups is 1. The van der Waals surface area contributed by atoms with Crippen molar-refractivity contribution in [3.05, 3.63) is 0 Å². The molecule has 0 saturated carbocycles. The standard InChI is InChI=1S/C7H13NO3S.Zn/c1-5(9)8-6(7(10)11)3-4-12-2;/h6H,3-4H2,1-2H3,(H,8,9)(H,10,11);/q;+2. The maximum Gasteiger partial charge on any atom is 2.00 e. The molecule has 4 nitrogen and oxygen atoms in total.